The zero-order valence-corrected chi connectivity index (χ0v) is 12.4. The van der Waals surface area contributed by atoms with E-state index < -0.39 is 24.1 Å². The van der Waals surface area contributed by atoms with Crippen molar-refractivity contribution in [2.45, 2.75) is 19.1 Å². The van der Waals surface area contributed by atoms with E-state index in [2.05, 4.69) is 16.6 Å². The fraction of sp³-hybridized carbons (Fsp3) is 0.286. The molecule has 1 atom stereocenters. The summed E-state index contributed by atoms with van der Waals surface area (Å²) in [5, 5.41) is 2.71. The van der Waals surface area contributed by atoms with Crippen molar-refractivity contribution >= 4 is 23.5 Å². The molecule has 1 saturated heterocycles. The van der Waals surface area contributed by atoms with E-state index in [0.717, 1.165) is 4.90 Å². The Hall–Kier alpha value is -2.15. The zero-order chi connectivity index (χ0) is 16.5. The van der Waals surface area contributed by atoms with Gasteiger partial charge in [0.2, 0.25) is 0 Å². The molecule has 1 N–H and O–H groups in total. The number of nitrogens with zero attached hydrogens (tertiary/aromatic N) is 1. The number of hydrogen-bond donors (Lipinski definition) is 1. The molecule has 1 fully saturated rings. The summed E-state index contributed by atoms with van der Waals surface area (Å²) in [6.07, 6.45) is 0. The van der Waals surface area contributed by atoms with Gasteiger partial charge in [0.05, 0.1) is 6.54 Å². The average Bonchev–Trinajstić information content (AvgIpc) is 2.63. The number of ether oxygens (including phenoxy) is 1. The van der Waals surface area contributed by atoms with E-state index in [4.69, 9.17) is 11.6 Å². The number of nitrogens with one attached hydrogen (secondary N) is 1. The summed E-state index contributed by atoms with van der Waals surface area (Å²) < 4.78 is 28.5. The number of imide groups is 1. The molecule has 0 spiro atoms. The second-order valence-corrected chi connectivity index (χ2v) is 5.40. The fourth-order valence-electron chi connectivity index (χ4n) is 2.18. The molecule has 0 unspecified atom stereocenters. The van der Waals surface area contributed by atoms with Crippen LogP contribution in [0, 0.1) is 0 Å². The third-order valence-corrected chi connectivity index (χ3v) is 3.38. The Morgan fingerprint density at radius 1 is 1.41 bits per heavy atom. The van der Waals surface area contributed by atoms with Crippen molar-refractivity contribution in [1.29, 1.82) is 0 Å². The topological polar surface area (TPSA) is 58.6 Å². The number of urea groups is 1. The fourth-order valence-corrected chi connectivity index (χ4v) is 2.30. The SMILES string of the molecule is C=C(Cl)CN1C(=O)N[C@@](C)(c2ccc(OC(F)F)cc2)C1=O. The van der Waals surface area contributed by atoms with Crippen LogP contribution in [0.4, 0.5) is 13.6 Å². The van der Waals surface area contributed by atoms with E-state index >= 15 is 0 Å². The van der Waals surface area contributed by atoms with Crippen LogP contribution in [0.5, 0.6) is 5.75 Å². The number of alkyl halides is 2. The van der Waals surface area contributed by atoms with Gasteiger partial charge in [-0.2, -0.15) is 8.78 Å². The first-order chi connectivity index (χ1) is 10.2. The van der Waals surface area contributed by atoms with E-state index in [1.807, 2.05) is 0 Å². The van der Waals surface area contributed by atoms with Gasteiger partial charge in [0.1, 0.15) is 11.3 Å². The van der Waals surface area contributed by atoms with Gasteiger partial charge in [0.15, 0.2) is 0 Å². The minimum atomic E-state index is -2.93. The second kappa shape index (κ2) is 5.92. The molecule has 1 aliphatic rings. The van der Waals surface area contributed by atoms with Gasteiger partial charge in [-0.3, -0.25) is 9.69 Å². The van der Waals surface area contributed by atoms with E-state index in [1.165, 1.54) is 31.2 Å². The lowest BCUT2D eigenvalue weighted by Gasteiger charge is -2.22. The Morgan fingerprint density at radius 2 is 2.00 bits per heavy atom. The van der Waals surface area contributed by atoms with E-state index in [-0.39, 0.29) is 17.3 Å². The molecule has 8 heteroatoms. The summed E-state index contributed by atoms with van der Waals surface area (Å²) in [7, 11) is 0. The van der Waals surface area contributed by atoms with Gasteiger partial charge in [-0.25, -0.2) is 4.79 Å². The van der Waals surface area contributed by atoms with Gasteiger partial charge in [-0.05, 0) is 24.6 Å². The van der Waals surface area contributed by atoms with E-state index in [1.54, 1.807) is 0 Å². The van der Waals surface area contributed by atoms with Crippen LogP contribution in [0.15, 0.2) is 35.9 Å². The molecular formula is C14H13ClF2N2O3. The highest BCUT2D eigenvalue weighted by Crippen LogP contribution is 2.30. The maximum absolute atomic E-state index is 12.4. The summed E-state index contributed by atoms with van der Waals surface area (Å²) in [5.41, 5.74) is -0.859. The molecule has 0 bridgehead atoms. The van der Waals surface area contributed by atoms with Crippen LogP contribution < -0.4 is 10.1 Å². The van der Waals surface area contributed by atoms with Crippen LogP contribution in [0.1, 0.15) is 12.5 Å². The van der Waals surface area contributed by atoms with Crippen molar-refractivity contribution in [2.24, 2.45) is 0 Å². The molecule has 0 saturated carbocycles. The Bertz CT molecular complexity index is 621. The summed E-state index contributed by atoms with van der Waals surface area (Å²) in [6, 6.07) is 4.89. The number of amides is 3. The predicted octanol–water partition coefficient (Wildman–Crippen LogP) is 2.81. The Labute approximate surface area is 130 Å². The zero-order valence-electron chi connectivity index (χ0n) is 11.6. The van der Waals surface area contributed by atoms with Crippen LogP contribution in [0.2, 0.25) is 0 Å². The number of carbonyl (C=O) groups excluding carboxylic acids is 2. The van der Waals surface area contributed by atoms with Gasteiger partial charge in [-0.15, -0.1) is 0 Å². The van der Waals surface area contributed by atoms with Crippen molar-refractivity contribution in [3.8, 4) is 5.75 Å². The number of hydrogen-bond acceptors (Lipinski definition) is 3. The summed E-state index contributed by atoms with van der Waals surface area (Å²) in [6.45, 7) is 1.94. The largest absolute Gasteiger partial charge is 0.435 e. The molecule has 0 aliphatic carbocycles. The van der Waals surface area contributed by atoms with E-state index in [9.17, 15) is 18.4 Å². The lowest BCUT2D eigenvalue weighted by atomic mass is 9.92. The smallest absolute Gasteiger partial charge is 0.387 e. The standard InChI is InChI=1S/C14H13ClF2N2O3/c1-8(15)7-19-11(20)14(2,18-13(19)21)9-3-5-10(6-4-9)22-12(16)17/h3-6,12H,1,7H2,2H3,(H,18,21)/t14-/m0/s1. The molecule has 1 heterocycles. The molecule has 0 radical (unpaired) electrons. The van der Waals surface area contributed by atoms with Crippen LogP contribution in [0.3, 0.4) is 0 Å². The van der Waals surface area contributed by atoms with Crippen molar-refractivity contribution in [3.63, 3.8) is 0 Å². The number of rotatable bonds is 5. The van der Waals surface area contributed by atoms with E-state index in [0.29, 0.717) is 5.56 Å². The summed E-state index contributed by atoms with van der Waals surface area (Å²) in [4.78, 5) is 25.3. The minimum Gasteiger partial charge on any atom is -0.435 e. The molecule has 1 aromatic carbocycles. The molecular weight excluding hydrogens is 318 g/mol. The number of benzene rings is 1. The van der Waals surface area contributed by atoms with Crippen molar-refractivity contribution in [2.75, 3.05) is 6.54 Å². The van der Waals surface area contributed by atoms with Crippen molar-refractivity contribution in [1.82, 2.24) is 10.2 Å². The summed E-state index contributed by atoms with van der Waals surface area (Å²) >= 11 is 5.64. The molecule has 3 amide bonds. The minimum absolute atomic E-state index is 0.0369. The maximum atomic E-state index is 12.4. The highest BCUT2D eigenvalue weighted by atomic mass is 35.5. The van der Waals surface area contributed by atoms with Crippen molar-refractivity contribution in [3.05, 3.63) is 41.4 Å². The first kappa shape index (κ1) is 16.2. The molecule has 22 heavy (non-hydrogen) atoms. The normalized spacial score (nSPS) is 21.2. The number of halogens is 3. The first-order valence-electron chi connectivity index (χ1n) is 6.27. The van der Waals surface area contributed by atoms with Gasteiger partial charge >= 0.3 is 12.6 Å². The predicted molar refractivity (Wildman–Crippen MR) is 75.7 cm³/mol. The second-order valence-electron chi connectivity index (χ2n) is 4.87. The maximum Gasteiger partial charge on any atom is 0.387 e. The Morgan fingerprint density at radius 3 is 2.50 bits per heavy atom. The van der Waals surface area contributed by atoms with Crippen LogP contribution >= 0.6 is 11.6 Å². The highest BCUT2D eigenvalue weighted by molar-refractivity contribution is 6.30. The molecule has 0 aromatic heterocycles. The third-order valence-electron chi connectivity index (χ3n) is 3.26. The van der Waals surface area contributed by atoms with Crippen LogP contribution in [-0.4, -0.2) is 30.0 Å². The van der Waals surface area contributed by atoms with Crippen LogP contribution in [-0.2, 0) is 10.3 Å². The lowest BCUT2D eigenvalue weighted by Crippen LogP contribution is -2.41. The molecule has 1 aromatic rings. The lowest BCUT2D eigenvalue weighted by molar-refractivity contribution is -0.130. The summed E-state index contributed by atoms with van der Waals surface area (Å²) in [5.74, 6) is -0.535. The molecule has 2 rings (SSSR count). The third kappa shape index (κ3) is 3.04. The molecule has 1 aliphatic heterocycles. The van der Waals surface area contributed by atoms with Crippen LogP contribution in [0.25, 0.3) is 0 Å². The quantitative estimate of drug-likeness (QED) is 0.845. The Balaban J connectivity index is 2.25. The van der Waals surface area contributed by atoms with Gasteiger partial charge in [-0.1, -0.05) is 30.3 Å². The van der Waals surface area contributed by atoms with Gasteiger partial charge < -0.3 is 10.1 Å². The van der Waals surface area contributed by atoms with Crippen molar-refractivity contribution < 1.29 is 23.1 Å². The highest BCUT2D eigenvalue weighted by Gasteiger charge is 2.48. The van der Waals surface area contributed by atoms with Gasteiger partial charge in [0, 0.05) is 5.03 Å². The Kier molecular flexibility index (Phi) is 4.37. The average molecular weight is 331 g/mol. The van der Waals surface area contributed by atoms with Gasteiger partial charge in [0.25, 0.3) is 5.91 Å². The number of carbonyl (C=O) groups is 2. The first-order valence-corrected chi connectivity index (χ1v) is 6.64. The monoisotopic (exact) mass is 330 g/mol. The molecule has 118 valence electrons. The molecule has 5 nitrogen and oxygen atoms in total.